The van der Waals surface area contributed by atoms with Crippen LogP contribution in [-0.4, -0.2) is 15.4 Å². The fourth-order valence-electron chi connectivity index (χ4n) is 2.63. The van der Waals surface area contributed by atoms with Gasteiger partial charge in [-0.05, 0) is 38.1 Å². The Morgan fingerprint density at radius 3 is 2.20 bits per heavy atom. The first-order valence-electron chi connectivity index (χ1n) is 7.96. The van der Waals surface area contributed by atoms with Crippen LogP contribution in [0.2, 0.25) is 0 Å². The number of aryl methyl sites for hydroxylation is 1. The molecule has 0 aliphatic heterocycles. The van der Waals surface area contributed by atoms with Crippen molar-refractivity contribution in [1.82, 2.24) is 9.36 Å². The number of aromatic nitrogens is 2. The summed E-state index contributed by atoms with van der Waals surface area (Å²) in [6.45, 7) is 3.79. The fraction of sp³-hybridized carbons (Fsp3) is 0.158. The molecule has 0 bridgehead atoms. The van der Waals surface area contributed by atoms with Crippen LogP contribution in [0, 0.1) is 13.8 Å². The zero-order chi connectivity index (χ0) is 18.0. The maximum atomic E-state index is 12.8. The van der Waals surface area contributed by atoms with E-state index in [1.165, 1.54) is 4.68 Å². The second-order valence-corrected chi connectivity index (χ2v) is 5.88. The summed E-state index contributed by atoms with van der Waals surface area (Å²) in [6.07, 6.45) is 0. The quantitative estimate of drug-likeness (QED) is 0.769. The van der Waals surface area contributed by atoms with E-state index in [0.717, 1.165) is 11.3 Å². The molecule has 0 unspecified atom stereocenters. The van der Waals surface area contributed by atoms with Gasteiger partial charge in [0.15, 0.2) is 0 Å². The number of rotatable bonds is 3. The molecular formula is C19H20N4O2. The Morgan fingerprint density at radius 1 is 0.920 bits per heavy atom. The van der Waals surface area contributed by atoms with E-state index in [1.807, 2.05) is 49.4 Å². The second kappa shape index (κ2) is 6.68. The average molecular weight is 336 g/mol. The topological polar surface area (TPSA) is 68.1 Å². The Morgan fingerprint density at radius 2 is 1.56 bits per heavy atom. The van der Waals surface area contributed by atoms with Crippen LogP contribution < -0.4 is 16.2 Å². The first-order chi connectivity index (χ1) is 12.0. The number of anilines is 2. The van der Waals surface area contributed by atoms with Crippen LogP contribution in [0.3, 0.4) is 0 Å². The van der Waals surface area contributed by atoms with Crippen molar-refractivity contribution in [2.45, 2.75) is 13.8 Å². The van der Waals surface area contributed by atoms with Gasteiger partial charge >= 0.3 is 6.03 Å². The van der Waals surface area contributed by atoms with E-state index in [0.29, 0.717) is 11.4 Å². The third-order valence-corrected chi connectivity index (χ3v) is 4.10. The first kappa shape index (κ1) is 16.6. The van der Waals surface area contributed by atoms with E-state index >= 15 is 0 Å². The second-order valence-electron chi connectivity index (χ2n) is 5.88. The van der Waals surface area contributed by atoms with Gasteiger partial charge in [0, 0.05) is 12.7 Å². The highest BCUT2D eigenvalue weighted by Gasteiger charge is 2.18. The maximum Gasteiger partial charge on any atom is 0.323 e. The third-order valence-electron chi connectivity index (χ3n) is 4.10. The van der Waals surface area contributed by atoms with E-state index < -0.39 is 6.03 Å². The predicted octanol–water partition coefficient (Wildman–Crippen LogP) is 3.44. The van der Waals surface area contributed by atoms with Crippen LogP contribution in [0.25, 0.3) is 5.69 Å². The van der Waals surface area contributed by atoms with Gasteiger partial charge in [-0.3, -0.25) is 9.48 Å². The van der Waals surface area contributed by atoms with E-state index in [-0.39, 0.29) is 11.2 Å². The van der Waals surface area contributed by atoms with Gasteiger partial charge in [-0.25, -0.2) is 9.48 Å². The molecule has 0 aliphatic rings. The molecular weight excluding hydrogens is 316 g/mol. The van der Waals surface area contributed by atoms with Crippen LogP contribution in [0.4, 0.5) is 16.2 Å². The van der Waals surface area contributed by atoms with Crippen molar-refractivity contribution in [1.29, 1.82) is 0 Å². The maximum absolute atomic E-state index is 12.8. The summed E-state index contributed by atoms with van der Waals surface area (Å²) in [5, 5.41) is 5.38. The molecule has 0 saturated heterocycles. The molecule has 0 saturated carbocycles. The fourth-order valence-corrected chi connectivity index (χ4v) is 2.63. The highest BCUT2D eigenvalue weighted by Crippen LogP contribution is 2.15. The Hall–Kier alpha value is -3.28. The van der Waals surface area contributed by atoms with Crippen molar-refractivity contribution in [2.24, 2.45) is 7.05 Å². The molecule has 3 aromatic rings. The summed E-state index contributed by atoms with van der Waals surface area (Å²) in [5.74, 6) is 0. The van der Waals surface area contributed by atoms with Gasteiger partial charge < -0.3 is 10.6 Å². The molecule has 3 rings (SSSR count). The average Bonchev–Trinajstić information content (AvgIpc) is 2.80. The lowest BCUT2D eigenvalue weighted by Crippen LogP contribution is -2.25. The van der Waals surface area contributed by atoms with Gasteiger partial charge in [0.2, 0.25) is 0 Å². The smallest absolute Gasteiger partial charge is 0.308 e. The Kier molecular flexibility index (Phi) is 4.43. The lowest BCUT2D eigenvalue weighted by Gasteiger charge is -2.08. The van der Waals surface area contributed by atoms with Crippen molar-refractivity contribution < 1.29 is 4.79 Å². The number of hydrogen-bond donors (Lipinski definition) is 2. The van der Waals surface area contributed by atoms with Crippen LogP contribution in [0.15, 0.2) is 59.4 Å². The van der Waals surface area contributed by atoms with Gasteiger partial charge in [-0.15, -0.1) is 0 Å². The van der Waals surface area contributed by atoms with Gasteiger partial charge in [0.05, 0.1) is 11.4 Å². The number of hydrogen-bond acceptors (Lipinski definition) is 2. The minimum Gasteiger partial charge on any atom is -0.308 e. The summed E-state index contributed by atoms with van der Waals surface area (Å²) >= 11 is 0. The molecule has 1 heterocycles. The summed E-state index contributed by atoms with van der Waals surface area (Å²) in [6, 6.07) is 16.3. The molecule has 0 atom stereocenters. The first-order valence-corrected chi connectivity index (χ1v) is 7.96. The molecule has 128 valence electrons. The van der Waals surface area contributed by atoms with Crippen LogP contribution in [0.1, 0.15) is 11.3 Å². The Labute approximate surface area is 145 Å². The molecule has 2 amide bonds. The number of carbonyl (C=O) groups is 1. The van der Waals surface area contributed by atoms with Crippen LogP contribution in [-0.2, 0) is 7.05 Å². The molecule has 6 heteroatoms. The number of urea groups is 1. The van der Waals surface area contributed by atoms with Gasteiger partial charge in [0.25, 0.3) is 5.56 Å². The van der Waals surface area contributed by atoms with Crippen molar-refractivity contribution >= 4 is 17.4 Å². The van der Waals surface area contributed by atoms with Crippen molar-refractivity contribution in [2.75, 3.05) is 10.6 Å². The standard InChI is InChI=1S/C19H20N4O2/c1-13-9-11-16(12-10-13)23-18(24)17(14(2)22(23)3)21-19(25)20-15-7-5-4-6-8-15/h4-12H,1-3H3,(H2,20,21,25). The Bertz CT molecular complexity index is 954. The molecule has 2 aromatic carbocycles. The number of benzene rings is 2. The predicted molar refractivity (Wildman–Crippen MR) is 99.6 cm³/mol. The van der Waals surface area contributed by atoms with E-state index in [4.69, 9.17) is 0 Å². The number of nitrogens with zero attached hydrogens (tertiary/aromatic N) is 2. The SMILES string of the molecule is Cc1ccc(-n2c(=O)c(NC(=O)Nc3ccccc3)c(C)n2C)cc1. The van der Waals surface area contributed by atoms with Crippen LogP contribution in [0.5, 0.6) is 0 Å². The minimum absolute atomic E-state index is 0.261. The van der Waals surface area contributed by atoms with Crippen molar-refractivity contribution in [3.05, 3.63) is 76.2 Å². The summed E-state index contributed by atoms with van der Waals surface area (Å²) in [7, 11) is 1.79. The molecule has 0 aliphatic carbocycles. The number of para-hydroxylation sites is 1. The van der Waals surface area contributed by atoms with Crippen molar-refractivity contribution in [3.63, 3.8) is 0 Å². The van der Waals surface area contributed by atoms with Gasteiger partial charge in [-0.1, -0.05) is 35.9 Å². The zero-order valence-electron chi connectivity index (χ0n) is 14.4. The number of carbonyl (C=O) groups excluding carboxylic acids is 1. The molecule has 0 fully saturated rings. The van der Waals surface area contributed by atoms with Gasteiger partial charge in [0.1, 0.15) is 5.69 Å². The number of nitrogens with one attached hydrogen (secondary N) is 2. The molecule has 0 radical (unpaired) electrons. The minimum atomic E-state index is -0.451. The molecule has 2 N–H and O–H groups in total. The normalized spacial score (nSPS) is 10.5. The lowest BCUT2D eigenvalue weighted by molar-refractivity contribution is 0.262. The zero-order valence-corrected chi connectivity index (χ0v) is 14.4. The van der Waals surface area contributed by atoms with Gasteiger partial charge in [-0.2, -0.15) is 0 Å². The largest absolute Gasteiger partial charge is 0.323 e. The van der Waals surface area contributed by atoms with E-state index in [1.54, 1.807) is 30.8 Å². The highest BCUT2D eigenvalue weighted by atomic mass is 16.2. The monoisotopic (exact) mass is 336 g/mol. The Balaban J connectivity index is 1.90. The molecule has 1 aromatic heterocycles. The molecule has 25 heavy (non-hydrogen) atoms. The molecule has 6 nitrogen and oxygen atoms in total. The molecule has 0 spiro atoms. The third kappa shape index (κ3) is 3.33. The van der Waals surface area contributed by atoms with Crippen LogP contribution >= 0.6 is 0 Å². The summed E-state index contributed by atoms with van der Waals surface area (Å²) < 4.78 is 3.26. The van der Waals surface area contributed by atoms with E-state index in [9.17, 15) is 9.59 Å². The van der Waals surface area contributed by atoms with E-state index in [2.05, 4.69) is 10.6 Å². The lowest BCUT2D eigenvalue weighted by atomic mass is 10.2. The summed E-state index contributed by atoms with van der Waals surface area (Å²) in [5.41, 5.74) is 3.19. The summed E-state index contributed by atoms with van der Waals surface area (Å²) in [4.78, 5) is 25.0. The number of amides is 2. The van der Waals surface area contributed by atoms with Crippen molar-refractivity contribution in [3.8, 4) is 5.69 Å². The highest BCUT2D eigenvalue weighted by molar-refractivity contribution is 6.00.